The van der Waals surface area contributed by atoms with Crippen molar-refractivity contribution in [2.24, 2.45) is 0 Å². The van der Waals surface area contributed by atoms with Crippen molar-refractivity contribution in [1.82, 2.24) is 4.98 Å². The summed E-state index contributed by atoms with van der Waals surface area (Å²) in [5.41, 5.74) is 1.07. The summed E-state index contributed by atoms with van der Waals surface area (Å²) in [4.78, 5) is 3.84. The van der Waals surface area contributed by atoms with Gasteiger partial charge in [-0.2, -0.15) is 0 Å². The quantitative estimate of drug-likeness (QED) is 0.447. The van der Waals surface area contributed by atoms with Crippen molar-refractivity contribution < 1.29 is 10.0 Å². The Bertz CT molecular complexity index is 341. The van der Waals surface area contributed by atoms with Crippen molar-refractivity contribution in [3.05, 3.63) is 24.0 Å². The molecule has 0 aliphatic carbocycles. The first-order chi connectivity index (χ1) is 6.24. The standard InChI is InChI=1S/C9H10BNO2/c1-2-3-4-8-5-9(10(12)13)7-11-6-8/h5-7,12-13H,2H2,1H3. The number of hydrogen-bond donors (Lipinski definition) is 2. The van der Waals surface area contributed by atoms with E-state index in [0.29, 0.717) is 11.0 Å². The van der Waals surface area contributed by atoms with Crippen molar-refractivity contribution in [1.29, 1.82) is 0 Å². The zero-order valence-electron chi connectivity index (χ0n) is 7.36. The number of hydrogen-bond acceptors (Lipinski definition) is 3. The van der Waals surface area contributed by atoms with Gasteiger partial charge in [0.25, 0.3) is 0 Å². The fourth-order valence-corrected chi connectivity index (χ4v) is 0.858. The Balaban J connectivity index is 2.92. The molecule has 0 aromatic carbocycles. The Kier molecular flexibility index (Phi) is 3.50. The van der Waals surface area contributed by atoms with E-state index in [1.54, 1.807) is 12.3 Å². The van der Waals surface area contributed by atoms with E-state index in [1.807, 2.05) is 6.92 Å². The fourth-order valence-electron chi connectivity index (χ4n) is 0.858. The summed E-state index contributed by atoms with van der Waals surface area (Å²) in [5, 5.41) is 17.7. The Labute approximate surface area is 77.6 Å². The average Bonchev–Trinajstić information content (AvgIpc) is 2.15. The molecule has 0 amide bonds. The maximum Gasteiger partial charge on any atom is 0.490 e. The lowest BCUT2D eigenvalue weighted by molar-refractivity contribution is 0.425. The summed E-state index contributed by atoms with van der Waals surface area (Å²) in [6, 6.07) is 1.61. The fraction of sp³-hybridized carbons (Fsp3) is 0.222. The molecule has 0 fully saturated rings. The molecule has 1 heterocycles. The van der Waals surface area contributed by atoms with Crippen LogP contribution in [0.2, 0.25) is 0 Å². The number of aromatic nitrogens is 1. The predicted molar refractivity (Wildman–Crippen MR) is 51.2 cm³/mol. The molecular weight excluding hydrogens is 165 g/mol. The monoisotopic (exact) mass is 175 g/mol. The summed E-state index contributed by atoms with van der Waals surface area (Å²) in [5.74, 6) is 5.73. The molecule has 1 aromatic heterocycles. The highest BCUT2D eigenvalue weighted by molar-refractivity contribution is 6.58. The van der Waals surface area contributed by atoms with Crippen LogP contribution in [0.5, 0.6) is 0 Å². The van der Waals surface area contributed by atoms with Crippen LogP contribution in [0.15, 0.2) is 18.5 Å². The highest BCUT2D eigenvalue weighted by Gasteiger charge is 2.10. The molecule has 4 heteroatoms. The Morgan fingerprint density at radius 3 is 2.85 bits per heavy atom. The van der Waals surface area contributed by atoms with Gasteiger partial charge in [0.2, 0.25) is 0 Å². The van der Waals surface area contributed by atoms with Gasteiger partial charge in [0.05, 0.1) is 0 Å². The first-order valence-electron chi connectivity index (χ1n) is 4.04. The van der Waals surface area contributed by atoms with Crippen LogP contribution in [0.3, 0.4) is 0 Å². The lowest BCUT2D eigenvalue weighted by atomic mass is 9.81. The van der Waals surface area contributed by atoms with Crippen LogP contribution in [0.4, 0.5) is 0 Å². The van der Waals surface area contributed by atoms with E-state index in [0.717, 1.165) is 6.42 Å². The summed E-state index contributed by atoms with van der Waals surface area (Å²) < 4.78 is 0. The maximum atomic E-state index is 8.84. The summed E-state index contributed by atoms with van der Waals surface area (Å²) in [6.45, 7) is 1.95. The van der Waals surface area contributed by atoms with Crippen LogP contribution in [0.1, 0.15) is 18.9 Å². The van der Waals surface area contributed by atoms with E-state index >= 15 is 0 Å². The highest BCUT2D eigenvalue weighted by Crippen LogP contribution is 1.91. The summed E-state index contributed by atoms with van der Waals surface area (Å²) >= 11 is 0. The average molecular weight is 175 g/mol. The van der Waals surface area contributed by atoms with Gasteiger partial charge < -0.3 is 10.0 Å². The van der Waals surface area contributed by atoms with Crippen LogP contribution >= 0.6 is 0 Å². The van der Waals surface area contributed by atoms with Gasteiger partial charge in [-0.1, -0.05) is 18.8 Å². The summed E-state index contributed by atoms with van der Waals surface area (Å²) in [6.07, 6.45) is 3.77. The van der Waals surface area contributed by atoms with E-state index in [4.69, 9.17) is 10.0 Å². The van der Waals surface area contributed by atoms with Crippen molar-refractivity contribution in [2.45, 2.75) is 13.3 Å². The van der Waals surface area contributed by atoms with Gasteiger partial charge in [0.1, 0.15) is 0 Å². The molecule has 3 nitrogen and oxygen atoms in total. The number of rotatable bonds is 1. The zero-order chi connectivity index (χ0) is 9.68. The van der Waals surface area contributed by atoms with Crippen molar-refractivity contribution >= 4 is 12.6 Å². The van der Waals surface area contributed by atoms with Gasteiger partial charge in [-0.15, -0.1) is 0 Å². The zero-order valence-corrected chi connectivity index (χ0v) is 7.36. The predicted octanol–water partition coefficient (Wildman–Crippen LogP) is -0.477. The molecule has 0 atom stereocenters. The molecule has 1 rings (SSSR count). The third-order valence-corrected chi connectivity index (χ3v) is 1.47. The molecule has 0 aliphatic rings. The normalized spacial score (nSPS) is 8.85. The second-order valence-corrected chi connectivity index (χ2v) is 2.54. The van der Waals surface area contributed by atoms with Crippen molar-refractivity contribution in [3.8, 4) is 11.8 Å². The molecule has 0 saturated carbocycles. The molecule has 2 N–H and O–H groups in total. The molecule has 13 heavy (non-hydrogen) atoms. The third kappa shape index (κ3) is 2.90. The Morgan fingerprint density at radius 1 is 1.46 bits per heavy atom. The van der Waals surface area contributed by atoms with Crippen LogP contribution in [0.25, 0.3) is 0 Å². The van der Waals surface area contributed by atoms with Crippen molar-refractivity contribution in [2.75, 3.05) is 0 Å². The highest BCUT2D eigenvalue weighted by atomic mass is 16.4. The Hall–Kier alpha value is -1.31. The first kappa shape index (κ1) is 9.78. The van der Waals surface area contributed by atoms with Crippen LogP contribution in [-0.2, 0) is 0 Å². The molecule has 66 valence electrons. The van der Waals surface area contributed by atoms with E-state index in [1.165, 1.54) is 6.20 Å². The third-order valence-electron chi connectivity index (χ3n) is 1.47. The van der Waals surface area contributed by atoms with E-state index in [9.17, 15) is 0 Å². The number of pyridine rings is 1. The minimum Gasteiger partial charge on any atom is -0.423 e. The van der Waals surface area contributed by atoms with E-state index < -0.39 is 7.12 Å². The van der Waals surface area contributed by atoms with Gasteiger partial charge in [-0.05, 0) is 6.07 Å². The van der Waals surface area contributed by atoms with E-state index in [-0.39, 0.29) is 0 Å². The van der Waals surface area contributed by atoms with Gasteiger partial charge in [0.15, 0.2) is 0 Å². The SMILES string of the molecule is CCC#Cc1cncc(B(O)O)c1. The van der Waals surface area contributed by atoms with Crippen LogP contribution in [-0.4, -0.2) is 22.2 Å². The number of nitrogens with zero attached hydrogens (tertiary/aromatic N) is 1. The van der Waals surface area contributed by atoms with Gasteiger partial charge in [0, 0.05) is 29.8 Å². The van der Waals surface area contributed by atoms with Gasteiger partial charge >= 0.3 is 7.12 Å². The van der Waals surface area contributed by atoms with Gasteiger partial charge in [-0.25, -0.2) is 0 Å². The van der Waals surface area contributed by atoms with E-state index in [2.05, 4.69) is 16.8 Å². The molecule has 0 unspecified atom stereocenters. The van der Waals surface area contributed by atoms with Crippen molar-refractivity contribution in [3.63, 3.8) is 0 Å². The molecule has 0 aliphatic heterocycles. The Morgan fingerprint density at radius 2 is 2.23 bits per heavy atom. The molecule has 0 saturated heterocycles. The van der Waals surface area contributed by atoms with Crippen LogP contribution < -0.4 is 5.46 Å². The molecule has 0 spiro atoms. The molecule has 0 bridgehead atoms. The molecular formula is C9H10BNO2. The molecule has 1 aromatic rings. The maximum absolute atomic E-state index is 8.84. The molecule has 0 radical (unpaired) electrons. The largest absolute Gasteiger partial charge is 0.490 e. The lowest BCUT2D eigenvalue weighted by Crippen LogP contribution is -2.30. The smallest absolute Gasteiger partial charge is 0.423 e. The first-order valence-corrected chi connectivity index (χ1v) is 4.04. The second kappa shape index (κ2) is 4.66. The van der Waals surface area contributed by atoms with Crippen LogP contribution in [0, 0.1) is 11.8 Å². The topological polar surface area (TPSA) is 53.4 Å². The second-order valence-electron chi connectivity index (χ2n) is 2.54. The lowest BCUT2D eigenvalue weighted by Gasteiger charge is -1.97. The minimum absolute atomic E-state index is 0.364. The minimum atomic E-state index is -1.48. The summed E-state index contributed by atoms with van der Waals surface area (Å²) in [7, 11) is -1.48. The van der Waals surface area contributed by atoms with Gasteiger partial charge in [-0.3, -0.25) is 4.98 Å².